The van der Waals surface area contributed by atoms with Crippen molar-refractivity contribution < 1.29 is 17.6 Å². The van der Waals surface area contributed by atoms with Crippen LogP contribution in [0.1, 0.15) is 61.9 Å². The second-order valence-corrected chi connectivity index (χ2v) is 11.5. The standard InChI is InChI=1S/C25H32N4O4S/c1-17-7-8-21(33-17)16-26-25(30)19-11-13-28(14-12-19)34(31,32)22-9-10-24-23(15-22)27-18(2)29(24)20-5-3-4-6-20/h7-10,15,19-20H,3-6,11-14,16H2,1-2H3,(H,26,30). The molecule has 1 aliphatic heterocycles. The third kappa shape index (κ3) is 4.38. The van der Waals surface area contributed by atoms with E-state index in [0.717, 1.165) is 35.5 Å². The van der Waals surface area contributed by atoms with Crippen molar-refractivity contribution >= 4 is 27.0 Å². The summed E-state index contributed by atoms with van der Waals surface area (Å²) in [6, 6.07) is 9.47. The first-order valence-electron chi connectivity index (χ1n) is 12.1. The van der Waals surface area contributed by atoms with Gasteiger partial charge in [0, 0.05) is 25.0 Å². The highest BCUT2D eigenvalue weighted by Gasteiger charge is 2.32. The van der Waals surface area contributed by atoms with Crippen molar-refractivity contribution in [3.63, 3.8) is 0 Å². The molecule has 0 bridgehead atoms. The summed E-state index contributed by atoms with van der Waals surface area (Å²) in [5.74, 6) is 2.21. The zero-order chi connectivity index (χ0) is 23.9. The van der Waals surface area contributed by atoms with Crippen LogP contribution in [0.15, 0.2) is 39.6 Å². The third-order valence-corrected chi connectivity index (χ3v) is 9.12. The van der Waals surface area contributed by atoms with Crippen molar-refractivity contribution in [1.29, 1.82) is 0 Å². The molecule has 5 rings (SSSR count). The number of fused-ring (bicyclic) bond motifs is 1. The van der Waals surface area contributed by atoms with Crippen molar-refractivity contribution in [1.82, 2.24) is 19.2 Å². The van der Waals surface area contributed by atoms with E-state index in [1.165, 1.54) is 17.1 Å². The van der Waals surface area contributed by atoms with Crippen LogP contribution in [0, 0.1) is 19.8 Å². The van der Waals surface area contributed by atoms with Crippen LogP contribution >= 0.6 is 0 Å². The van der Waals surface area contributed by atoms with Gasteiger partial charge in [-0.15, -0.1) is 0 Å². The van der Waals surface area contributed by atoms with Gasteiger partial charge in [0.15, 0.2) is 0 Å². The van der Waals surface area contributed by atoms with Gasteiger partial charge in [0.25, 0.3) is 0 Å². The molecule has 34 heavy (non-hydrogen) atoms. The summed E-state index contributed by atoms with van der Waals surface area (Å²) in [6.45, 7) is 4.86. The highest BCUT2D eigenvalue weighted by Crippen LogP contribution is 2.34. The molecule has 1 amide bonds. The van der Waals surface area contributed by atoms with E-state index in [4.69, 9.17) is 4.42 Å². The van der Waals surface area contributed by atoms with Gasteiger partial charge < -0.3 is 14.3 Å². The molecule has 1 saturated heterocycles. The summed E-state index contributed by atoms with van der Waals surface area (Å²) in [6.07, 6.45) is 5.76. The van der Waals surface area contributed by atoms with Crippen LogP contribution in [0.3, 0.4) is 0 Å². The van der Waals surface area contributed by atoms with E-state index < -0.39 is 10.0 Å². The molecule has 0 radical (unpaired) electrons. The van der Waals surface area contributed by atoms with Crippen LogP contribution in [0.2, 0.25) is 0 Å². The Labute approximate surface area is 200 Å². The molecule has 0 unspecified atom stereocenters. The number of aryl methyl sites for hydroxylation is 2. The molecule has 3 aromatic rings. The predicted molar refractivity (Wildman–Crippen MR) is 129 cm³/mol. The molecule has 1 saturated carbocycles. The van der Waals surface area contributed by atoms with Gasteiger partial charge in [-0.05, 0) is 69.9 Å². The topological polar surface area (TPSA) is 97.4 Å². The SMILES string of the molecule is Cc1ccc(CNC(=O)C2CCN(S(=O)(=O)c3ccc4c(c3)nc(C)n4C3CCCC3)CC2)o1. The Balaban J connectivity index is 1.25. The van der Waals surface area contributed by atoms with Crippen LogP contribution in [0.25, 0.3) is 11.0 Å². The number of sulfonamides is 1. The van der Waals surface area contributed by atoms with E-state index in [1.54, 1.807) is 12.1 Å². The maximum atomic E-state index is 13.3. The van der Waals surface area contributed by atoms with Gasteiger partial charge in [0.2, 0.25) is 15.9 Å². The zero-order valence-electron chi connectivity index (χ0n) is 19.8. The molecule has 1 N–H and O–H groups in total. The van der Waals surface area contributed by atoms with E-state index >= 15 is 0 Å². The Morgan fingerprint density at radius 1 is 1.09 bits per heavy atom. The molecule has 2 aromatic heterocycles. The Bertz CT molecular complexity index is 1300. The lowest BCUT2D eigenvalue weighted by molar-refractivity contribution is -0.126. The zero-order valence-corrected chi connectivity index (χ0v) is 20.6. The summed E-state index contributed by atoms with van der Waals surface area (Å²) < 4.78 is 36.0. The lowest BCUT2D eigenvalue weighted by Gasteiger charge is -2.30. The number of amides is 1. The minimum absolute atomic E-state index is 0.0551. The maximum Gasteiger partial charge on any atom is 0.243 e. The lowest BCUT2D eigenvalue weighted by Crippen LogP contribution is -2.42. The van der Waals surface area contributed by atoms with E-state index in [-0.39, 0.29) is 16.7 Å². The summed E-state index contributed by atoms with van der Waals surface area (Å²) in [5.41, 5.74) is 1.73. The van der Waals surface area contributed by atoms with E-state index in [2.05, 4.69) is 14.9 Å². The molecule has 1 aliphatic carbocycles. The normalized spacial score (nSPS) is 18.6. The number of piperidine rings is 1. The highest BCUT2D eigenvalue weighted by molar-refractivity contribution is 7.89. The second kappa shape index (κ2) is 9.19. The van der Waals surface area contributed by atoms with Gasteiger partial charge in [0.05, 0.1) is 22.5 Å². The average molecular weight is 485 g/mol. The Morgan fingerprint density at radius 3 is 2.50 bits per heavy atom. The smallest absolute Gasteiger partial charge is 0.243 e. The molecule has 0 spiro atoms. The molecule has 1 aromatic carbocycles. The van der Waals surface area contributed by atoms with E-state index in [9.17, 15) is 13.2 Å². The van der Waals surface area contributed by atoms with E-state index in [0.29, 0.717) is 44.3 Å². The fraction of sp³-hybridized carbons (Fsp3) is 0.520. The fourth-order valence-corrected chi connectivity index (χ4v) is 6.88. The number of aromatic nitrogens is 2. The first-order chi connectivity index (χ1) is 16.3. The van der Waals surface area contributed by atoms with Gasteiger partial charge in [-0.3, -0.25) is 4.79 Å². The molecule has 0 atom stereocenters. The van der Waals surface area contributed by atoms with Gasteiger partial charge in [0.1, 0.15) is 17.3 Å². The van der Waals surface area contributed by atoms with Crippen molar-refractivity contribution in [3.8, 4) is 0 Å². The number of carbonyl (C=O) groups is 1. The number of rotatable bonds is 6. The first kappa shape index (κ1) is 23.1. The number of nitrogens with one attached hydrogen (secondary N) is 1. The summed E-state index contributed by atoms with van der Waals surface area (Å²) in [4.78, 5) is 17.5. The van der Waals surface area contributed by atoms with Crippen LogP contribution in [0.5, 0.6) is 0 Å². The second-order valence-electron chi connectivity index (χ2n) is 9.53. The number of hydrogen-bond acceptors (Lipinski definition) is 5. The van der Waals surface area contributed by atoms with Crippen molar-refractivity contribution in [2.75, 3.05) is 13.1 Å². The number of hydrogen-bond donors (Lipinski definition) is 1. The average Bonchev–Trinajstić information content (AvgIpc) is 3.56. The van der Waals surface area contributed by atoms with Gasteiger partial charge in [-0.1, -0.05) is 12.8 Å². The van der Waals surface area contributed by atoms with Crippen molar-refractivity contribution in [2.24, 2.45) is 5.92 Å². The summed E-state index contributed by atoms with van der Waals surface area (Å²) in [7, 11) is -3.64. The van der Waals surface area contributed by atoms with Crippen LogP contribution in [0.4, 0.5) is 0 Å². The minimum Gasteiger partial charge on any atom is -0.465 e. The molecule has 9 heteroatoms. The molecule has 182 valence electrons. The van der Waals surface area contributed by atoms with Crippen LogP contribution < -0.4 is 5.32 Å². The molecular formula is C25H32N4O4S. The van der Waals surface area contributed by atoms with Crippen LogP contribution in [-0.2, 0) is 21.4 Å². The van der Waals surface area contributed by atoms with Gasteiger partial charge in [-0.2, -0.15) is 4.31 Å². The molecule has 8 nitrogen and oxygen atoms in total. The number of furan rings is 1. The number of carbonyl (C=O) groups excluding carboxylic acids is 1. The molecule has 2 fully saturated rings. The van der Waals surface area contributed by atoms with Crippen LogP contribution in [-0.4, -0.2) is 41.3 Å². The number of nitrogens with zero attached hydrogens (tertiary/aromatic N) is 3. The first-order valence-corrected chi connectivity index (χ1v) is 13.6. The van der Waals surface area contributed by atoms with Crippen molar-refractivity contribution in [3.05, 3.63) is 47.7 Å². The number of imidazole rings is 1. The monoisotopic (exact) mass is 484 g/mol. The Hall–Kier alpha value is -2.65. The van der Waals surface area contributed by atoms with Gasteiger partial charge in [-0.25, -0.2) is 13.4 Å². The van der Waals surface area contributed by atoms with Crippen molar-refractivity contribution in [2.45, 2.75) is 69.9 Å². The largest absolute Gasteiger partial charge is 0.465 e. The minimum atomic E-state index is -3.64. The molecular weight excluding hydrogens is 452 g/mol. The molecule has 2 aliphatic rings. The number of benzene rings is 1. The Kier molecular flexibility index (Phi) is 6.24. The third-order valence-electron chi connectivity index (χ3n) is 7.22. The quantitative estimate of drug-likeness (QED) is 0.569. The summed E-state index contributed by atoms with van der Waals surface area (Å²) in [5, 5.41) is 2.91. The lowest BCUT2D eigenvalue weighted by atomic mass is 9.97. The van der Waals surface area contributed by atoms with E-state index in [1.807, 2.05) is 32.0 Å². The van der Waals surface area contributed by atoms with Gasteiger partial charge >= 0.3 is 0 Å². The predicted octanol–water partition coefficient (Wildman–Crippen LogP) is 4.08. The molecule has 3 heterocycles. The summed E-state index contributed by atoms with van der Waals surface area (Å²) >= 11 is 0. The maximum absolute atomic E-state index is 13.3. The fourth-order valence-electron chi connectivity index (χ4n) is 5.39. The highest BCUT2D eigenvalue weighted by atomic mass is 32.2. The Morgan fingerprint density at radius 2 is 1.82 bits per heavy atom.